The van der Waals surface area contributed by atoms with Gasteiger partial charge in [0.15, 0.2) is 6.23 Å². The van der Waals surface area contributed by atoms with Crippen molar-refractivity contribution in [2.24, 2.45) is 16.5 Å². The number of anilines is 1. The Bertz CT molecular complexity index is 1330. The molecule has 0 aliphatic carbocycles. The minimum Gasteiger partial charge on any atom is -0.398 e. The fraction of sp³-hybridized carbons (Fsp3) is 0.148. The lowest BCUT2D eigenvalue weighted by atomic mass is 10.0. The van der Waals surface area contributed by atoms with Crippen LogP contribution in [0.2, 0.25) is 0 Å². The Morgan fingerprint density at radius 3 is 2.41 bits per heavy atom. The number of aliphatic imine (C=N–C) groups is 1. The van der Waals surface area contributed by atoms with Gasteiger partial charge in [-0.25, -0.2) is 9.18 Å². The van der Waals surface area contributed by atoms with Crippen LogP contribution in [0, 0.1) is 5.82 Å². The second kappa shape index (κ2) is 11.8. The normalized spacial score (nSPS) is 16.2. The van der Waals surface area contributed by atoms with E-state index in [0.29, 0.717) is 41.2 Å². The van der Waals surface area contributed by atoms with E-state index in [-0.39, 0.29) is 18.3 Å². The Balaban J connectivity index is 1.61. The van der Waals surface area contributed by atoms with E-state index >= 15 is 0 Å². The summed E-state index contributed by atoms with van der Waals surface area (Å²) in [5.41, 5.74) is 15.3. The number of halogens is 2. The predicted molar refractivity (Wildman–Crippen MR) is 145 cm³/mol. The molecule has 0 radical (unpaired) electrons. The van der Waals surface area contributed by atoms with E-state index in [9.17, 15) is 14.0 Å². The zero-order chi connectivity index (χ0) is 26.4. The summed E-state index contributed by atoms with van der Waals surface area (Å²) in [6.45, 7) is 0.261. The maximum atomic E-state index is 13.5. The van der Waals surface area contributed by atoms with Crippen molar-refractivity contribution in [1.29, 1.82) is 0 Å². The van der Waals surface area contributed by atoms with E-state index in [1.54, 1.807) is 35.4 Å². The first kappa shape index (κ1) is 26.1. The fourth-order valence-electron chi connectivity index (χ4n) is 3.83. The zero-order valence-electron chi connectivity index (χ0n) is 19.7. The van der Waals surface area contributed by atoms with Crippen LogP contribution in [0.4, 0.5) is 20.6 Å². The number of benzene rings is 3. The maximum absolute atomic E-state index is 13.5. The highest BCUT2D eigenvalue weighted by Crippen LogP contribution is 2.26. The third kappa shape index (κ3) is 6.81. The predicted octanol–water partition coefficient (Wildman–Crippen LogP) is 4.58. The quantitative estimate of drug-likeness (QED) is 0.346. The van der Waals surface area contributed by atoms with Gasteiger partial charge in [-0.3, -0.25) is 9.79 Å². The smallest absolute Gasteiger partial charge is 0.316 e. The van der Waals surface area contributed by atoms with Crippen molar-refractivity contribution >= 4 is 51.2 Å². The Hall–Kier alpha value is -4.02. The molecule has 0 saturated carbocycles. The maximum Gasteiger partial charge on any atom is 0.316 e. The zero-order valence-corrected chi connectivity index (χ0v) is 21.3. The molecule has 1 atom stereocenters. The molecule has 1 unspecified atom stereocenters. The summed E-state index contributed by atoms with van der Waals surface area (Å²) >= 11 is 3.40. The number of hydrogen-bond donors (Lipinski definition) is 3. The molecule has 190 valence electrons. The SMILES string of the molecule is NC(=O)Nc1ccc(CCN2C(=O)COC2C(C=Nc2ccc(Br)cc2)=C(N)c2ccc(F)cc2)cc1. The average molecular weight is 566 g/mol. The van der Waals surface area contributed by atoms with Crippen LogP contribution in [-0.4, -0.2) is 42.4 Å². The Morgan fingerprint density at radius 1 is 1.08 bits per heavy atom. The number of nitrogens with one attached hydrogen (secondary N) is 1. The van der Waals surface area contributed by atoms with Gasteiger partial charge in [-0.2, -0.15) is 0 Å². The third-order valence-electron chi connectivity index (χ3n) is 5.74. The average Bonchev–Trinajstić information content (AvgIpc) is 3.24. The molecule has 1 aliphatic rings. The molecule has 0 bridgehead atoms. The van der Waals surface area contributed by atoms with Gasteiger partial charge in [0.25, 0.3) is 5.91 Å². The van der Waals surface area contributed by atoms with Gasteiger partial charge >= 0.3 is 6.03 Å². The van der Waals surface area contributed by atoms with Crippen molar-refractivity contribution in [1.82, 2.24) is 4.90 Å². The van der Waals surface area contributed by atoms with Crippen molar-refractivity contribution in [3.05, 3.63) is 99.8 Å². The van der Waals surface area contributed by atoms with E-state index in [4.69, 9.17) is 16.2 Å². The first-order valence-electron chi connectivity index (χ1n) is 11.4. The number of amides is 3. The van der Waals surface area contributed by atoms with E-state index < -0.39 is 12.3 Å². The third-order valence-corrected chi connectivity index (χ3v) is 6.27. The topological polar surface area (TPSA) is 123 Å². The number of primary amides is 1. The van der Waals surface area contributed by atoms with Crippen LogP contribution in [0.1, 0.15) is 11.1 Å². The number of carbonyl (C=O) groups is 2. The summed E-state index contributed by atoms with van der Waals surface area (Å²) < 4.78 is 20.3. The molecule has 1 heterocycles. The monoisotopic (exact) mass is 565 g/mol. The van der Waals surface area contributed by atoms with Gasteiger partial charge in [-0.1, -0.05) is 28.1 Å². The van der Waals surface area contributed by atoms with Gasteiger partial charge in [-0.15, -0.1) is 0 Å². The molecular formula is C27H25BrFN5O3. The molecule has 1 fully saturated rings. The lowest BCUT2D eigenvalue weighted by Gasteiger charge is -2.25. The van der Waals surface area contributed by atoms with Crippen molar-refractivity contribution in [2.75, 3.05) is 18.5 Å². The molecule has 1 aliphatic heterocycles. The highest BCUT2D eigenvalue weighted by atomic mass is 79.9. The molecule has 8 nitrogen and oxygen atoms in total. The summed E-state index contributed by atoms with van der Waals surface area (Å²) in [5, 5.41) is 2.51. The molecule has 3 aromatic carbocycles. The second-order valence-corrected chi connectivity index (χ2v) is 9.21. The van der Waals surface area contributed by atoms with Crippen LogP contribution in [0.3, 0.4) is 0 Å². The Kier molecular flexibility index (Phi) is 8.32. The summed E-state index contributed by atoms with van der Waals surface area (Å²) in [7, 11) is 0. The largest absolute Gasteiger partial charge is 0.398 e. The minimum absolute atomic E-state index is 0.0988. The molecule has 0 spiro atoms. The van der Waals surface area contributed by atoms with Gasteiger partial charge in [0.2, 0.25) is 0 Å². The summed E-state index contributed by atoms with van der Waals surface area (Å²) in [6.07, 6.45) is 1.35. The molecule has 10 heteroatoms. The van der Waals surface area contributed by atoms with E-state index in [1.165, 1.54) is 12.1 Å². The van der Waals surface area contributed by atoms with Crippen LogP contribution < -0.4 is 16.8 Å². The highest BCUT2D eigenvalue weighted by molar-refractivity contribution is 9.10. The molecule has 4 rings (SSSR count). The van der Waals surface area contributed by atoms with Gasteiger partial charge in [0.1, 0.15) is 12.4 Å². The van der Waals surface area contributed by atoms with Crippen molar-refractivity contribution in [3.63, 3.8) is 0 Å². The second-order valence-electron chi connectivity index (χ2n) is 8.30. The Labute approximate surface area is 221 Å². The van der Waals surface area contributed by atoms with Crippen molar-refractivity contribution in [3.8, 4) is 0 Å². The van der Waals surface area contributed by atoms with E-state index in [0.717, 1.165) is 10.0 Å². The van der Waals surface area contributed by atoms with Crippen LogP contribution in [0.25, 0.3) is 5.70 Å². The Morgan fingerprint density at radius 2 is 1.76 bits per heavy atom. The van der Waals surface area contributed by atoms with Gasteiger partial charge in [-0.05, 0) is 78.2 Å². The molecule has 1 saturated heterocycles. The summed E-state index contributed by atoms with van der Waals surface area (Å²) in [6, 6.07) is 19.7. The number of nitrogens with zero attached hydrogens (tertiary/aromatic N) is 2. The van der Waals surface area contributed by atoms with Gasteiger partial charge in [0.05, 0.1) is 5.69 Å². The number of rotatable bonds is 8. The van der Waals surface area contributed by atoms with Crippen LogP contribution in [0.15, 0.2) is 87.8 Å². The fourth-order valence-corrected chi connectivity index (χ4v) is 4.10. The van der Waals surface area contributed by atoms with Crippen molar-refractivity contribution in [2.45, 2.75) is 12.6 Å². The van der Waals surface area contributed by atoms with Gasteiger partial charge < -0.3 is 26.4 Å². The van der Waals surface area contributed by atoms with E-state index in [2.05, 4.69) is 26.2 Å². The summed E-state index contributed by atoms with van der Waals surface area (Å²) in [4.78, 5) is 30.0. The summed E-state index contributed by atoms with van der Waals surface area (Å²) in [5.74, 6) is -0.564. The first-order chi connectivity index (χ1) is 17.8. The standard InChI is InChI=1S/C27H25BrFN5O3/c28-19-5-11-21(12-6-19)32-15-23(25(30)18-3-7-20(29)8-4-18)26-34(24(35)16-37-26)14-13-17-1-9-22(10-2-17)33-27(31)36/h1-12,15,26H,13-14,16,30H2,(H3,31,33,36). The van der Waals surface area contributed by atoms with Crippen LogP contribution >= 0.6 is 15.9 Å². The van der Waals surface area contributed by atoms with Gasteiger partial charge in [0, 0.05) is 34.2 Å². The number of urea groups is 1. The highest BCUT2D eigenvalue weighted by Gasteiger charge is 2.35. The van der Waals surface area contributed by atoms with Crippen LogP contribution in [0.5, 0.6) is 0 Å². The lowest BCUT2D eigenvalue weighted by Crippen LogP contribution is -2.38. The number of hydrogen-bond acceptors (Lipinski definition) is 5. The molecular weight excluding hydrogens is 541 g/mol. The minimum atomic E-state index is -0.771. The molecule has 3 aromatic rings. The molecule has 3 amide bonds. The molecule has 37 heavy (non-hydrogen) atoms. The number of ether oxygens (including phenoxy) is 1. The van der Waals surface area contributed by atoms with E-state index in [1.807, 2.05) is 36.4 Å². The first-order valence-corrected chi connectivity index (χ1v) is 12.2. The number of nitrogens with two attached hydrogens (primary N) is 2. The molecule has 0 aromatic heterocycles. The molecule has 5 N–H and O–H groups in total. The van der Waals surface area contributed by atoms with Crippen molar-refractivity contribution < 1.29 is 18.7 Å². The lowest BCUT2D eigenvalue weighted by molar-refractivity contribution is -0.127. The van der Waals surface area contributed by atoms with Crippen LogP contribution in [-0.2, 0) is 16.0 Å². The number of carbonyl (C=O) groups excluding carboxylic acids is 2.